The molecule has 0 bridgehead atoms. The van der Waals surface area contributed by atoms with Crippen LogP contribution in [-0.4, -0.2) is 13.2 Å². The van der Waals surface area contributed by atoms with Gasteiger partial charge in [0.15, 0.2) is 6.29 Å². The van der Waals surface area contributed by atoms with Crippen LogP contribution in [0, 0.1) is 46.3 Å². The predicted octanol–water partition coefficient (Wildman–Crippen LogP) is 9.34. The van der Waals surface area contributed by atoms with E-state index in [2.05, 4.69) is 11.3 Å². The van der Waals surface area contributed by atoms with Crippen molar-refractivity contribution in [2.45, 2.75) is 25.2 Å². The number of rotatable bonds is 9. The van der Waals surface area contributed by atoms with Crippen LogP contribution in [-0.2, 0) is 15.6 Å². The van der Waals surface area contributed by atoms with Gasteiger partial charge in [-0.05, 0) is 60.4 Å². The van der Waals surface area contributed by atoms with Crippen molar-refractivity contribution in [2.24, 2.45) is 5.92 Å². The van der Waals surface area contributed by atoms with Crippen molar-refractivity contribution in [3.8, 4) is 34.1 Å². The Morgan fingerprint density at radius 2 is 1.42 bits per heavy atom. The van der Waals surface area contributed by atoms with Gasteiger partial charge in [0.2, 0.25) is 0 Å². The lowest BCUT2D eigenvalue weighted by Gasteiger charge is -2.29. The fourth-order valence-electron chi connectivity index (χ4n) is 4.94. The first-order valence-electron chi connectivity index (χ1n) is 13.7. The summed E-state index contributed by atoms with van der Waals surface area (Å²) in [6, 6.07) is 12.3. The Morgan fingerprint density at radius 1 is 0.800 bits per heavy atom. The predicted molar refractivity (Wildman–Crippen MR) is 150 cm³/mol. The minimum atomic E-state index is -4.60. The van der Waals surface area contributed by atoms with Crippen LogP contribution in [0.3, 0.4) is 0 Å². The molecule has 11 heteroatoms. The fraction of sp³-hybridized carbons (Fsp3) is 0.206. The van der Waals surface area contributed by atoms with E-state index in [0.29, 0.717) is 37.0 Å². The lowest BCUT2D eigenvalue weighted by Crippen LogP contribution is -2.27. The molecule has 0 radical (unpaired) electrons. The van der Waals surface area contributed by atoms with Crippen molar-refractivity contribution in [2.75, 3.05) is 13.2 Å². The van der Waals surface area contributed by atoms with Crippen molar-refractivity contribution < 1.29 is 44.9 Å². The highest BCUT2D eigenvalue weighted by Gasteiger charge is 2.41. The monoisotopic (exact) mass is 627 g/mol. The number of nitrogens with zero attached hydrogens (tertiary/aromatic N) is 1. The van der Waals surface area contributed by atoms with Gasteiger partial charge in [-0.25, -0.2) is 22.0 Å². The van der Waals surface area contributed by atoms with Crippen molar-refractivity contribution in [1.29, 1.82) is 5.26 Å². The van der Waals surface area contributed by atoms with Gasteiger partial charge in [0.05, 0.1) is 18.8 Å². The first kappa shape index (κ1) is 31.8. The van der Waals surface area contributed by atoms with Crippen LogP contribution in [0.2, 0.25) is 0 Å². The summed E-state index contributed by atoms with van der Waals surface area (Å²) >= 11 is 0. The molecule has 1 aliphatic rings. The van der Waals surface area contributed by atoms with Gasteiger partial charge < -0.3 is 14.2 Å². The molecule has 0 spiro atoms. The van der Waals surface area contributed by atoms with Crippen LogP contribution in [0.4, 0.5) is 30.7 Å². The first-order valence-corrected chi connectivity index (χ1v) is 13.7. The molecule has 4 aromatic carbocycles. The zero-order valence-corrected chi connectivity index (χ0v) is 23.4. The fourth-order valence-corrected chi connectivity index (χ4v) is 4.94. The number of ether oxygens (including phenoxy) is 3. The van der Waals surface area contributed by atoms with E-state index >= 15 is 8.78 Å². The van der Waals surface area contributed by atoms with E-state index in [1.165, 1.54) is 24.3 Å². The number of halogens is 7. The van der Waals surface area contributed by atoms with Gasteiger partial charge in [-0.1, -0.05) is 30.3 Å². The Kier molecular flexibility index (Phi) is 9.27. The van der Waals surface area contributed by atoms with E-state index < -0.39 is 63.9 Å². The highest BCUT2D eigenvalue weighted by atomic mass is 19.3. The molecule has 1 fully saturated rings. The smallest absolute Gasteiger partial charge is 0.429 e. The lowest BCUT2D eigenvalue weighted by atomic mass is 9.97. The summed E-state index contributed by atoms with van der Waals surface area (Å²) in [5.74, 6) is -6.95. The van der Waals surface area contributed by atoms with Crippen LogP contribution in [0.15, 0.2) is 79.4 Å². The molecule has 1 aliphatic heterocycles. The average Bonchev–Trinajstić information content (AvgIpc) is 2.99. The van der Waals surface area contributed by atoms with Gasteiger partial charge in [-0.15, -0.1) is 6.58 Å². The van der Waals surface area contributed by atoms with Gasteiger partial charge in [-0.2, -0.15) is 14.0 Å². The Morgan fingerprint density at radius 3 is 2.02 bits per heavy atom. The summed E-state index contributed by atoms with van der Waals surface area (Å²) in [6.45, 7) is 4.58. The van der Waals surface area contributed by atoms with Crippen molar-refractivity contribution in [3.05, 3.63) is 125 Å². The molecule has 0 unspecified atom stereocenters. The summed E-state index contributed by atoms with van der Waals surface area (Å²) in [5, 5.41) is 8.77. The molecule has 0 N–H and O–H groups in total. The molecule has 0 atom stereocenters. The standard InChI is InChI=1S/C34H24F7NO3/c1-2-3-4-19-17-43-33(44-18-19)21-7-10-25(29(37)12-21)20-6-9-26(28(36)11-20)23-13-30(38)32(31(39)14-23)34(40,41)45-24-8-5-22(16-42)27(35)15-24/h2,5-15,19,33H,1,3-4,17-18H2. The molecule has 0 amide bonds. The minimum Gasteiger partial charge on any atom is -0.429 e. The van der Waals surface area contributed by atoms with Gasteiger partial charge in [0.25, 0.3) is 0 Å². The van der Waals surface area contributed by atoms with Crippen LogP contribution in [0.25, 0.3) is 22.3 Å². The molecule has 5 rings (SSSR count). The van der Waals surface area contributed by atoms with Gasteiger partial charge in [0.1, 0.15) is 46.5 Å². The van der Waals surface area contributed by atoms with Crippen molar-refractivity contribution in [3.63, 3.8) is 0 Å². The topological polar surface area (TPSA) is 51.5 Å². The molecular weight excluding hydrogens is 603 g/mol. The molecular formula is C34H24F7NO3. The van der Waals surface area contributed by atoms with E-state index in [-0.39, 0.29) is 22.6 Å². The molecule has 45 heavy (non-hydrogen) atoms. The van der Waals surface area contributed by atoms with E-state index in [0.717, 1.165) is 37.1 Å². The number of benzene rings is 4. The van der Waals surface area contributed by atoms with E-state index in [4.69, 9.17) is 14.7 Å². The molecule has 0 saturated carbocycles. The quantitative estimate of drug-likeness (QED) is 0.137. The molecule has 232 valence electrons. The number of hydrogen-bond acceptors (Lipinski definition) is 4. The molecule has 4 nitrogen and oxygen atoms in total. The van der Waals surface area contributed by atoms with Gasteiger partial charge in [0, 0.05) is 28.7 Å². The Bertz CT molecular complexity index is 1760. The van der Waals surface area contributed by atoms with Gasteiger partial charge >= 0.3 is 6.11 Å². The second kappa shape index (κ2) is 13.1. The summed E-state index contributed by atoms with van der Waals surface area (Å²) in [5.41, 5.74) is -2.40. The maximum atomic E-state index is 15.2. The van der Waals surface area contributed by atoms with E-state index in [1.54, 1.807) is 6.07 Å². The average molecular weight is 628 g/mol. The number of allylic oxidation sites excluding steroid dienone is 1. The third-order valence-electron chi connectivity index (χ3n) is 7.24. The molecule has 0 aliphatic carbocycles. The zero-order chi connectivity index (χ0) is 32.3. The lowest BCUT2D eigenvalue weighted by molar-refractivity contribution is -0.205. The van der Waals surface area contributed by atoms with E-state index in [9.17, 15) is 22.0 Å². The van der Waals surface area contributed by atoms with Crippen LogP contribution in [0.5, 0.6) is 5.75 Å². The molecule has 1 saturated heterocycles. The summed E-state index contributed by atoms with van der Waals surface area (Å²) in [6.07, 6.45) is -1.86. The molecule has 0 aromatic heterocycles. The Labute approximate surface area is 253 Å². The molecule has 1 heterocycles. The number of nitriles is 1. The first-order chi connectivity index (χ1) is 21.5. The highest BCUT2D eigenvalue weighted by molar-refractivity contribution is 5.72. The maximum absolute atomic E-state index is 15.2. The summed E-state index contributed by atoms with van der Waals surface area (Å²) < 4.78 is 119. The van der Waals surface area contributed by atoms with Crippen molar-refractivity contribution >= 4 is 0 Å². The zero-order valence-electron chi connectivity index (χ0n) is 23.4. The van der Waals surface area contributed by atoms with Crippen LogP contribution >= 0.6 is 0 Å². The SMILES string of the molecule is C=CCCC1COC(c2ccc(-c3ccc(-c4cc(F)c(C(F)(F)Oc5ccc(C#N)c(F)c5)c(F)c4)c(F)c3)c(F)c2)OC1. The maximum Gasteiger partial charge on any atom is 0.432 e. The van der Waals surface area contributed by atoms with Crippen LogP contribution < -0.4 is 4.74 Å². The third-order valence-corrected chi connectivity index (χ3v) is 7.24. The number of hydrogen-bond donors (Lipinski definition) is 0. The highest BCUT2D eigenvalue weighted by Crippen LogP contribution is 2.39. The largest absolute Gasteiger partial charge is 0.432 e. The van der Waals surface area contributed by atoms with E-state index in [1.807, 2.05) is 6.08 Å². The summed E-state index contributed by atoms with van der Waals surface area (Å²) in [4.78, 5) is 0. The normalized spacial score (nSPS) is 16.7. The van der Waals surface area contributed by atoms with Crippen LogP contribution in [0.1, 0.15) is 35.8 Å². The second-order valence-electron chi connectivity index (χ2n) is 10.4. The summed E-state index contributed by atoms with van der Waals surface area (Å²) in [7, 11) is 0. The number of alkyl halides is 2. The Balaban J connectivity index is 1.34. The second-order valence-corrected chi connectivity index (χ2v) is 10.4. The minimum absolute atomic E-state index is 0.0348. The molecule has 4 aromatic rings. The van der Waals surface area contributed by atoms with Gasteiger partial charge in [-0.3, -0.25) is 0 Å². The third kappa shape index (κ3) is 6.87. The van der Waals surface area contributed by atoms with Crippen molar-refractivity contribution in [1.82, 2.24) is 0 Å². The Hall–Kier alpha value is -4.66.